The standard InChI is InChI=1S/C14H19N3O2.ClH/c15-14(5-6-14)13(19)17-9-7-16(8-10-17)11-3-1-2-4-12(11)18;/h1-4,18H,5-10,15H2;1H. The molecule has 1 aromatic rings. The van der Waals surface area contributed by atoms with Gasteiger partial charge in [0.25, 0.3) is 0 Å². The molecule has 1 saturated carbocycles. The largest absolute Gasteiger partial charge is 0.506 e. The summed E-state index contributed by atoms with van der Waals surface area (Å²) in [6, 6.07) is 7.31. The van der Waals surface area contributed by atoms with Gasteiger partial charge in [0.1, 0.15) is 5.75 Å². The Morgan fingerprint density at radius 3 is 2.30 bits per heavy atom. The molecule has 0 aromatic heterocycles. The highest BCUT2D eigenvalue weighted by Gasteiger charge is 2.48. The van der Waals surface area contributed by atoms with Crippen molar-refractivity contribution in [3.8, 4) is 5.75 Å². The van der Waals surface area contributed by atoms with E-state index in [0.717, 1.165) is 31.6 Å². The van der Waals surface area contributed by atoms with Gasteiger partial charge in [0, 0.05) is 26.2 Å². The van der Waals surface area contributed by atoms with E-state index < -0.39 is 5.54 Å². The minimum absolute atomic E-state index is 0. The van der Waals surface area contributed by atoms with Crippen LogP contribution in [0.1, 0.15) is 12.8 Å². The SMILES string of the molecule is Cl.NC1(C(=O)N2CCN(c3ccccc3O)CC2)CC1. The zero-order valence-electron chi connectivity index (χ0n) is 11.3. The Bertz CT molecular complexity index is 497. The topological polar surface area (TPSA) is 69.8 Å². The van der Waals surface area contributed by atoms with Gasteiger partial charge < -0.3 is 20.6 Å². The molecule has 1 aliphatic heterocycles. The molecule has 0 bridgehead atoms. The third kappa shape index (κ3) is 2.69. The van der Waals surface area contributed by atoms with Crippen molar-refractivity contribution in [3.63, 3.8) is 0 Å². The lowest BCUT2D eigenvalue weighted by Crippen LogP contribution is -2.54. The number of phenolic OH excluding ortho intramolecular Hbond substituents is 1. The van der Waals surface area contributed by atoms with Crippen molar-refractivity contribution in [2.75, 3.05) is 31.1 Å². The van der Waals surface area contributed by atoms with Gasteiger partial charge in [-0.1, -0.05) is 12.1 Å². The van der Waals surface area contributed by atoms with Gasteiger partial charge in [-0.3, -0.25) is 4.79 Å². The van der Waals surface area contributed by atoms with Crippen molar-refractivity contribution in [2.45, 2.75) is 18.4 Å². The van der Waals surface area contributed by atoms with Crippen LogP contribution in [0.15, 0.2) is 24.3 Å². The molecule has 0 unspecified atom stereocenters. The molecule has 1 amide bonds. The Hall–Kier alpha value is -1.46. The van der Waals surface area contributed by atoms with Crippen LogP contribution in [-0.4, -0.2) is 47.6 Å². The van der Waals surface area contributed by atoms with Gasteiger partial charge in [0.15, 0.2) is 0 Å². The maximum atomic E-state index is 12.1. The Morgan fingerprint density at radius 1 is 1.15 bits per heavy atom. The summed E-state index contributed by atoms with van der Waals surface area (Å²) in [4.78, 5) is 16.1. The average Bonchev–Trinajstić information content (AvgIpc) is 3.18. The highest BCUT2D eigenvalue weighted by atomic mass is 35.5. The second-order valence-corrected chi connectivity index (χ2v) is 5.42. The Labute approximate surface area is 124 Å². The van der Waals surface area contributed by atoms with E-state index in [0.29, 0.717) is 18.8 Å². The van der Waals surface area contributed by atoms with E-state index >= 15 is 0 Å². The molecule has 2 aliphatic rings. The molecule has 1 heterocycles. The lowest BCUT2D eigenvalue weighted by molar-refractivity contribution is -0.133. The number of halogens is 1. The summed E-state index contributed by atoms with van der Waals surface area (Å²) in [5.74, 6) is 0.379. The molecule has 6 heteroatoms. The Kier molecular flexibility index (Phi) is 4.11. The number of aromatic hydroxyl groups is 1. The first-order chi connectivity index (χ1) is 9.10. The Morgan fingerprint density at radius 2 is 1.75 bits per heavy atom. The molecular formula is C14H20ClN3O2. The van der Waals surface area contributed by atoms with Crippen molar-refractivity contribution in [1.82, 2.24) is 4.90 Å². The van der Waals surface area contributed by atoms with Crippen LogP contribution >= 0.6 is 12.4 Å². The molecule has 3 N–H and O–H groups in total. The molecule has 110 valence electrons. The summed E-state index contributed by atoms with van der Waals surface area (Å²) in [7, 11) is 0. The third-order valence-corrected chi connectivity index (χ3v) is 4.00. The smallest absolute Gasteiger partial charge is 0.242 e. The molecule has 5 nitrogen and oxygen atoms in total. The number of hydrogen-bond donors (Lipinski definition) is 2. The predicted molar refractivity (Wildman–Crippen MR) is 80.3 cm³/mol. The van der Waals surface area contributed by atoms with Crippen LogP contribution in [0.25, 0.3) is 0 Å². The number of carbonyl (C=O) groups excluding carboxylic acids is 1. The van der Waals surface area contributed by atoms with Crippen LogP contribution in [0, 0.1) is 0 Å². The molecular weight excluding hydrogens is 278 g/mol. The maximum Gasteiger partial charge on any atom is 0.242 e. The van der Waals surface area contributed by atoms with E-state index in [2.05, 4.69) is 4.90 Å². The van der Waals surface area contributed by atoms with Crippen molar-refractivity contribution in [1.29, 1.82) is 0 Å². The number of nitrogens with zero attached hydrogens (tertiary/aromatic N) is 2. The number of para-hydroxylation sites is 2. The molecule has 1 aliphatic carbocycles. The van der Waals surface area contributed by atoms with E-state index in [1.54, 1.807) is 6.07 Å². The second kappa shape index (κ2) is 5.50. The second-order valence-electron chi connectivity index (χ2n) is 5.42. The lowest BCUT2D eigenvalue weighted by atomic mass is 10.2. The van der Waals surface area contributed by atoms with Crippen molar-refractivity contribution in [3.05, 3.63) is 24.3 Å². The van der Waals surface area contributed by atoms with Gasteiger partial charge in [0.05, 0.1) is 11.2 Å². The number of rotatable bonds is 2. The van der Waals surface area contributed by atoms with Crippen molar-refractivity contribution in [2.24, 2.45) is 5.73 Å². The van der Waals surface area contributed by atoms with E-state index in [4.69, 9.17) is 5.73 Å². The molecule has 0 atom stereocenters. The first-order valence-electron chi connectivity index (χ1n) is 6.71. The van der Waals surface area contributed by atoms with Crippen LogP contribution in [-0.2, 0) is 4.79 Å². The zero-order valence-corrected chi connectivity index (χ0v) is 12.1. The summed E-state index contributed by atoms with van der Waals surface area (Å²) in [6.45, 7) is 2.82. The quantitative estimate of drug-likeness (QED) is 0.853. The molecule has 1 saturated heterocycles. The molecule has 20 heavy (non-hydrogen) atoms. The third-order valence-electron chi connectivity index (χ3n) is 4.00. The van der Waals surface area contributed by atoms with Gasteiger partial charge in [0.2, 0.25) is 5.91 Å². The van der Waals surface area contributed by atoms with E-state index in [-0.39, 0.29) is 18.3 Å². The Balaban J connectivity index is 0.00000147. The van der Waals surface area contributed by atoms with E-state index in [1.165, 1.54) is 0 Å². The molecule has 0 radical (unpaired) electrons. The minimum atomic E-state index is -0.572. The fourth-order valence-corrected chi connectivity index (χ4v) is 2.55. The number of amides is 1. The highest BCUT2D eigenvalue weighted by molar-refractivity contribution is 5.89. The molecule has 0 spiro atoms. The van der Waals surface area contributed by atoms with Crippen LogP contribution in [0.2, 0.25) is 0 Å². The highest BCUT2D eigenvalue weighted by Crippen LogP contribution is 2.35. The number of anilines is 1. The lowest BCUT2D eigenvalue weighted by Gasteiger charge is -2.37. The van der Waals surface area contributed by atoms with Gasteiger partial charge in [-0.2, -0.15) is 0 Å². The van der Waals surface area contributed by atoms with Crippen LogP contribution in [0.5, 0.6) is 5.75 Å². The number of carbonyl (C=O) groups is 1. The molecule has 3 rings (SSSR count). The number of piperazine rings is 1. The van der Waals surface area contributed by atoms with Crippen LogP contribution in [0.4, 0.5) is 5.69 Å². The molecule has 2 fully saturated rings. The summed E-state index contributed by atoms with van der Waals surface area (Å²) in [6.07, 6.45) is 1.62. The maximum absolute atomic E-state index is 12.1. The van der Waals surface area contributed by atoms with Gasteiger partial charge in [-0.25, -0.2) is 0 Å². The number of nitrogens with two attached hydrogens (primary N) is 1. The average molecular weight is 298 g/mol. The minimum Gasteiger partial charge on any atom is -0.506 e. The van der Waals surface area contributed by atoms with Gasteiger partial charge in [-0.15, -0.1) is 12.4 Å². The first-order valence-corrected chi connectivity index (χ1v) is 6.71. The van der Waals surface area contributed by atoms with Crippen molar-refractivity contribution < 1.29 is 9.90 Å². The van der Waals surface area contributed by atoms with E-state index in [1.807, 2.05) is 23.1 Å². The van der Waals surface area contributed by atoms with Gasteiger partial charge >= 0.3 is 0 Å². The fourth-order valence-electron chi connectivity index (χ4n) is 2.55. The number of phenols is 1. The van der Waals surface area contributed by atoms with Crippen LogP contribution < -0.4 is 10.6 Å². The summed E-state index contributed by atoms with van der Waals surface area (Å²) in [5.41, 5.74) is 6.21. The summed E-state index contributed by atoms with van der Waals surface area (Å²) >= 11 is 0. The van der Waals surface area contributed by atoms with E-state index in [9.17, 15) is 9.90 Å². The number of hydrogen-bond acceptors (Lipinski definition) is 4. The predicted octanol–water partition coefficient (Wildman–Crippen LogP) is 0.954. The van der Waals surface area contributed by atoms with Crippen molar-refractivity contribution >= 4 is 24.0 Å². The monoisotopic (exact) mass is 297 g/mol. The fraction of sp³-hybridized carbons (Fsp3) is 0.500. The summed E-state index contributed by atoms with van der Waals surface area (Å²) < 4.78 is 0. The number of benzene rings is 1. The summed E-state index contributed by atoms with van der Waals surface area (Å²) in [5, 5.41) is 9.83. The molecule has 1 aromatic carbocycles. The zero-order chi connectivity index (χ0) is 13.5. The van der Waals surface area contributed by atoms with Crippen LogP contribution in [0.3, 0.4) is 0 Å². The van der Waals surface area contributed by atoms with Gasteiger partial charge in [-0.05, 0) is 25.0 Å². The first kappa shape index (κ1) is 14.9. The normalized spacial score (nSPS) is 20.2.